The Labute approximate surface area is 419 Å². The van der Waals surface area contributed by atoms with Gasteiger partial charge in [0.15, 0.2) is 23.0 Å². The fourth-order valence-corrected chi connectivity index (χ4v) is 9.56. The Bertz CT molecular complexity index is 3160. The molecule has 2 aromatic heterocycles. The minimum absolute atomic E-state index is 0. The molecule has 0 spiro atoms. The summed E-state index contributed by atoms with van der Waals surface area (Å²) in [4.78, 5) is 29.3. The van der Waals surface area contributed by atoms with Crippen LogP contribution >= 0.6 is 0 Å². The number of aromatic nitrogens is 2. The zero-order chi connectivity index (χ0) is 51.8. The largest absolute Gasteiger partial charge is 0.586 e. The summed E-state index contributed by atoms with van der Waals surface area (Å²) in [6.45, 7) is 13.3. The highest BCUT2D eigenvalue weighted by Crippen LogP contribution is 2.54. The number of alkyl halides is 4. The first-order valence-corrected chi connectivity index (χ1v) is 23.6. The van der Waals surface area contributed by atoms with Gasteiger partial charge in [0.25, 0.3) is 0 Å². The third kappa shape index (κ3) is 10.5. The third-order valence-corrected chi connectivity index (χ3v) is 13.5. The first-order valence-electron chi connectivity index (χ1n) is 23.6. The highest BCUT2D eigenvalue weighted by molar-refractivity contribution is 6.04. The maximum absolute atomic E-state index is 13.4. The summed E-state index contributed by atoms with van der Waals surface area (Å²) in [6, 6.07) is 24.3. The van der Waals surface area contributed by atoms with E-state index in [1.54, 1.807) is 18.2 Å². The Hall–Kier alpha value is -6.99. The number of azide groups is 1. The van der Waals surface area contributed by atoms with Crippen molar-refractivity contribution in [2.24, 2.45) is 10.8 Å². The molecule has 6 aromatic rings. The number of amides is 2. The quantitative estimate of drug-likeness (QED) is 0.0321. The predicted molar refractivity (Wildman–Crippen MR) is 267 cm³/mol. The van der Waals surface area contributed by atoms with E-state index in [9.17, 15) is 37.4 Å². The van der Waals surface area contributed by atoms with Crippen LogP contribution in [0, 0.1) is 0 Å². The summed E-state index contributed by atoms with van der Waals surface area (Å²) in [5.41, 5.74) is 18.5. The fourth-order valence-electron chi connectivity index (χ4n) is 9.56. The monoisotopic (exact) mass is 1010 g/mol. The van der Waals surface area contributed by atoms with Gasteiger partial charge < -0.3 is 54.7 Å². The maximum atomic E-state index is 13.4. The molecule has 0 saturated heterocycles. The first kappa shape index (κ1) is 52.3. The SMILES string of the molecule is C.CC(C)(C)c1cc2cc(NC(=O)C3(c4ccc5c(c4)OC(F)(F)O5)CC3)ccc2n1C[C@@H](O)CN.CC(C)(C)c1cc2cc(NC(=O)C3(c4ccc5c(c4)OC(F)(F)O5)CC3)ccc2n1C[C@@H](O)CN=[N+]=[N-]. The molecule has 0 unspecified atom stereocenters. The molecule has 6 N–H and O–H groups in total. The van der Waals surface area contributed by atoms with Crippen molar-refractivity contribution in [3.05, 3.63) is 118 Å². The van der Waals surface area contributed by atoms with Crippen molar-refractivity contribution < 1.29 is 56.3 Å². The Balaban J connectivity index is 0.000000192. The summed E-state index contributed by atoms with van der Waals surface area (Å²) in [7, 11) is 0. The van der Waals surface area contributed by atoms with Gasteiger partial charge in [-0.05, 0) is 115 Å². The number of aliphatic hydroxyl groups excluding tert-OH is 2. The number of nitrogens with two attached hydrogens (primary N) is 1. The van der Waals surface area contributed by atoms with Gasteiger partial charge >= 0.3 is 12.6 Å². The van der Waals surface area contributed by atoms with E-state index in [0.29, 0.717) is 54.7 Å². The molecule has 2 amide bonds. The second kappa shape index (κ2) is 18.8. The molecule has 2 aliphatic carbocycles. The fraction of sp³-hybridized carbons (Fsp3) is 0.434. The predicted octanol–water partition coefficient (Wildman–Crippen LogP) is 10.5. The number of hydrogen-bond acceptors (Lipinski definition) is 10. The number of benzene rings is 4. The van der Waals surface area contributed by atoms with E-state index in [2.05, 4.69) is 91.8 Å². The molecule has 2 saturated carbocycles. The van der Waals surface area contributed by atoms with Crippen molar-refractivity contribution >= 4 is 45.0 Å². The van der Waals surface area contributed by atoms with Gasteiger partial charge in [-0.3, -0.25) is 9.59 Å². The number of ether oxygens (including phenoxy) is 4. The van der Waals surface area contributed by atoms with Gasteiger partial charge in [0, 0.05) is 73.4 Å². The standard InChI is InChI=1S/C26H27F2N5O4.C26H29F2N3O4.CH4/c1-24(2,3)22-11-15-10-17(5-6-19(15)33(22)14-18(34)13-30-32-29)31-23(35)25(8-9-25)16-4-7-20-21(12-16)37-26(27,28)36-20;1-24(2,3)22-11-15-10-17(5-6-19(15)31(22)14-18(32)13-29)30-23(33)25(8-9-25)16-4-7-20-21(12-16)35-26(27,28)34-20;/h4-7,10-12,18,34H,8-9,13-14H2,1-3H3,(H,31,35);4-7,10-12,18,32H,8-9,13-14,29H2,1-3H3,(H,30,33);1H4/t2*18-;/m00./s1. The molecule has 2 atom stereocenters. The number of halogens is 4. The second-order valence-electron chi connectivity index (χ2n) is 21.0. The number of nitrogens with one attached hydrogen (secondary N) is 2. The molecule has 4 aliphatic rings. The topological polar surface area (TPSA) is 220 Å². The molecule has 2 aliphatic heterocycles. The van der Waals surface area contributed by atoms with E-state index in [1.807, 2.05) is 41.0 Å². The lowest BCUT2D eigenvalue weighted by molar-refractivity contribution is -0.287. The molecule has 388 valence electrons. The van der Waals surface area contributed by atoms with Gasteiger partial charge in [0.1, 0.15) is 0 Å². The number of carbonyl (C=O) groups excluding carboxylic acids is 2. The molecule has 16 nitrogen and oxygen atoms in total. The summed E-state index contributed by atoms with van der Waals surface area (Å²) >= 11 is 0. The molecule has 0 radical (unpaired) electrons. The Kier molecular flexibility index (Phi) is 13.5. The van der Waals surface area contributed by atoms with Gasteiger partial charge in [0.05, 0.1) is 36.1 Å². The Morgan fingerprint density at radius 3 is 1.42 bits per heavy atom. The van der Waals surface area contributed by atoms with Gasteiger partial charge in [-0.1, -0.05) is 66.2 Å². The minimum Gasteiger partial charge on any atom is -0.395 e. The van der Waals surface area contributed by atoms with Gasteiger partial charge in [-0.15, -0.1) is 17.6 Å². The van der Waals surface area contributed by atoms with Gasteiger partial charge in [0.2, 0.25) is 11.8 Å². The van der Waals surface area contributed by atoms with Crippen molar-refractivity contribution in [3.8, 4) is 23.0 Å². The second-order valence-corrected chi connectivity index (χ2v) is 21.0. The first-order chi connectivity index (χ1) is 33.8. The highest BCUT2D eigenvalue weighted by Gasteiger charge is 2.54. The lowest BCUT2D eigenvalue weighted by Gasteiger charge is -2.23. The minimum atomic E-state index is -3.71. The van der Waals surface area contributed by atoms with Crippen LogP contribution in [-0.4, -0.2) is 69.0 Å². The maximum Gasteiger partial charge on any atom is 0.586 e. The normalized spacial score (nSPS) is 17.9. The molecule has 0 bridgehead atoms. The van der Waals surface area contributed by atoms with Crippen molar-refractivity contribution in [1.82, 2.24) is 9.13 Å². The summed E-state index contributed by atoms with van der Waals surface area (Å²) in [5, 5.41) is 31.8. The molecule has 4 heterocycles. The smallest absolute Gasteiger partial charge is 0.395 e. The van der Waals surface area contributed by atoms with Crippen LogP contribution in [0.25, 0.3) is 32.2 Å². The van der Waals surface area contributed by atoms with Crippen molar-refractivity contribution in [2.45, 2.75) is 134 Å². The van der Waals surface area contributed by atoms with Gasteiger partial charge in [-0.2, -0.15) is 0 Å². The van der Waals surface area contributed by atoms with E-state index < -0.39 is 35.6 Å². The average molecular weight is 1010 g/mol. The third-order valence-electron chi connectivity index (χ3n) is 13.5. The lowest BCUT2D eigenvalue weighted by atomic mass is 9.92. The van der Waals surface area contributed by atoms with Crippen LogP contribution in [0.4, 0.5) is 28.9 Å². The van der Waals surface area contributed by atoms with Crippen molar-refractivity contribution in [2.75, 3.05) is 23.7 Å². The molecule has 73 heavy (non-hydrogen) atoms. The molecular formula is C53H60F4N8O8. The number of carbonyl (C=O) groups is 2. The van der Waals surface area contributed by atoms with E-state index in [1.165, 1.54) is 24.3 Å². The molecule has 10 rings (SSSR count). The number of aliphatic hydroxyl groups is 2. The zero-order valence-corrected chi connectivity index (χ0v) is 40.6. The van der Waals surface area contributed by atoms with Crippen LogP contribution in [0.1, 0.15) is 97.2 Å². The van der Waals surface area contributed by atoms with E-state index in [-0.39, 0.29) is 72.7 Å². The molecule has 20 heteroatoms. The van der Waals surface area contributed by atoms with Crippen LogP contribution in [0.5, 0.6) is 23.0 Å². The van der Waals surface area contributed by atoms with Crippen LogP contribution in [0.2, 0.25) is 0 Å². The number of fused-ring (bicyclic) bond motifs is 4. The van der Waals surface area contributed by atoms with Crippen molar-refractivity contribution in [3.63, 3.8) is 0 Å². The van der Waals surface area contributed by atoms with Crippen LogP contribution in [0.3, 0.4) is 0 Å². The lowest BCUT2D eigenvalue weighted by Crippen LogP contribution is -2.28. The van der Waals surface area contributed by atoms with E-state index in [0.717, 1.165) is 33.2 Å². The summed E-state index contributed by atoms with van der Waals surface area (Å²) < 4.78 is 75.8. The molecule has 2 fully saturated rings. The summed E-state index contributed by atoms with van der Waals surface area (Å²) in [6.07, 6.45) is -6.52. The number of hydrogen-bond donors (Lipinski definition) is 5. The highest BCUT2D eigenvalue weighted by atomic mass is 19.3. The van der Waals surface area contributed by atoms with Crippen LogP contribution < -0.4 is 35.3 Å². The molecule has 4 aromatic carbocycles. The average Bonchev–Trinajstić information content (AvgIpc) is 4.16. The van der Waals surface area contributed by atoms with E-state index >= 15 is 0 Å². The molecular weight excluding hydrogens is 953 g/mol. The Morgan fingerprint density at radius 1 is 0.658 bits per heavy atom. The van der Waals surface area contributed by atoms with Gasteiger partial charge in [-0.25, -0.2) is 0 Å². The number of rotatable bonds is 13. The van der Waals surface area contributed by atoms with E-state index in [4.69, 9.17) is 11.3 Å². The Morgan fingerprint density at radius 2 is 1.05 bits per heavy atom. The number of anilines is 2. The van der Waals surface area contributed by atoms with Crippen LogP contribution in [0.15, 0.2) is 90.0 Å². The van der Waals surface area contributed by atoms with Crippen molar-refractivity contribution in [1.29, 1.82) is 0 Å². The zero-order valence-electron chi connectivity index (χ0n) is 40.6. The van der Waals surface area contributed by atoms with Crippen LogP contribution in [-0.2, 0) is 44.3 Å². The summed E-state index contributed by atoms with van der Waals surface area (Å²) in [5.74, 6) is -0.668. The number of nitrogens with zero attached hydrogens (tertiary/aromatic N) is 5.